The number of carbonyl (C=O) groups excluding carboxylic acids is 1. The monoisotopic (exact) mass is 206 g/mol. The molecule has 1 atom stereocenters. The van der Waals surface area contributed by atoms with E-state index in [2.05, 4.69) is 14.9 Å². The highest BCUT2D eigenvalue weighted by Gasteiger charge is 2.29. The lowest BCUT2D eigenvalue weighted by Gasteiger charge is -2.03. The number of pyridine rings is 1. The van der Waals surface area contributed by atoms with E-state index >= 15 is 0 Å². The van der Waals surface area contributed by atoms with Crippen molar-refractivity contribution in [2.24, 2.45) is 5.16 Å². The summed E-state index contributed by atoms with van der Waals surface area (Å²) in [6.07, 6.45) is 1.44. The van der Waals surface area contributed by atoms with Crippen LogP contribution in [0, 0.1) is 0 Å². The van der Waals surface area contributed by atoms with E-state index in [1.165, 1.54) is 7.11 Å². The van der Waals surface area contributed by atoms with E-state index in [1.54, 1.807) is 6.20 Å². The molecule has 0 spiro atoms. The average Bonchev–Trinajstić information content (AvgIpc) is 2.78. The van der Waals surface area contributed by atoms with Crippen molar-refractivity contribution < 1.29 is 14.4 Å². The molecule has 1 aliphatic rings. The number of esters is 1. The van der Waals surface area contributed by atoms with Crippen LogP contribution < -0.4 is 0 Å². The van der Waals surface area contributed by atoms with Crippen molar-refractivity contribution in [3.05, 3.63) is 30.1 Å². The van der Waals surface area contributed by atoms with E-state index in [0.29, 0.717) is 12.1 Å². The van der Waals surface area contributed by atoms with Crippen LogP contribution in [0.2, 0.25) is 0 Å². The minimum absolute atomic E-state index is 0.406. The van der Waals surface area contributed by atoms with E-state index < -0.39 is 12.1 Å². The molecule has 0 saturated carbocycles. The molecule has 5 nitrogen and oxygen atoms in total. The van der Waals surface area contributed by atoms with Crippen LogP contribution in [0.4, 0.5) is 0 Å². The Morgan fingerprint density at radius 3 is 3.13 bits per heavy atom. The molecule has 0 amide bonds. The quantitative estimate of drug-likeness (QED) is 0.670. The van der Waals surface area contributed by atoms with Gasteiger partial charge in [-0.1, -0.05) is 11.2 Å². The summed E-state index contributed by atoms with van der Waals surface area (Å²) in [5.41, 5.74) is 1.40. The van der Waals surface area contributed by atoms with Gasteiger partial charge >= 0.3 is 5.97 Å². The number of hydrogen-bond donors (Lipinski definition) is 0. The molecule has 2 heterocycles. The van der Waals surface area contributed by atoms with Crippen LogP contribution in [0.25, 0.3) is 0 Å². The molecule has 0 aliphatic carbocycles. The fourth-order valence-electron chi connectivity index (χ4n) is 1.32. The molecule has 15 heavy (non-hydrogen) atoms. The van der Waals surface area contributed by atoms with Gasteiger partial charge in [0.25, 0.3) is 0 Å². The highest BCUT2D eigenvalue weighted by molar-refractivity contribution is 6.02. The van der Waals surface area contributed by atoms with Crippen molar-refractivity contribution in [1.29, 1.82) is 0 Å². The number of oxime groups is 1. The topological polar surface area (TPSA) is 60.8 Å². The summed E-state index contributed by atoms with van der Waals surface area (Å²) >= 11 is 0. The van der Waals surface area contributed by atoms with Crippen molar-refractivity contribution in [1.82, 2.24) is 4.98 Å². The Morgan fingerprint density at radius 2 is 2.47 bits per heavy atom. The van der Waals surface area contributed by atoms with Gasteiger partial charge < -0.3 is 9.57 Å². The number of carbonyl (C=O) groups is 1. The van der Waals surface area contributed by atoms with Gasteiger partial charge in [-0.05, 0) is 12.1 Å². The standard InChI is InChI=1S/C10H10N2O3/c1-14-10(13)9-6-8(12-15-9)7-4-2-3-5-11-7/h2-5,9H,6H2,1H3. The first kappa shape index (κ1) is 9.64. The van der Waals surface area contributed by atoms with Gasteiger partial charge in [0.2, 0.25) is 6.10 Å². The maximum Gasteiger partial charge on any atom is 0.350 e. The molecular formula is C10H10N2O3. The molecule has 2 rings (SSSR count). The first-order chi connectivity index (χ1) is 7.31. The highest BCUT2D eigenvalue weighted by Crippen LogP contribution is 2.15. The van der Waals surface area contributed by atoms with Crippen LogP contribution in [-0.4, -0.2) is 29.9 Å². The second kappa shape index (κ2) is 4.08. The average molecular weight is 206 g/mol. The van der Waals surface area contributed by atoms with Gasteiger partial charge in [-0.2, -0.15) is 0 Å². The number of rotatable bonds is 2. The summed E-state index contributed by atoms with van der Waals surface area (Å²) in [5, 5.41) is 3.81. The first-order valence-electron chi connectivity index (χ1n) is 4.53. The lowest BCUT2D eigenvalue weighted by molar-refractivity contribution is -0.152. The fourth-order valence-corrected chi connectivity index (χ4v) is 1.32. The molecule has 0 aromatic carbocycles. The molecule has 1 unspecified atom stereocenters. The lowest BCUT2D eigenvalue weighted by Crippen LogP contribution is -2.22. The summed E-state index contributed by atoms with van der Waals surface area (Å²) in [7, 11) is 1.32. The Labute approximate surface area is 86.7 Å². The molecule has 1 aliphatic heterocycles. The molecule has 0 fully saturated rings. The van der Waals surface area contributed by atoms with Crippen LogP contribution >= 0.6 is 0 Å². The number of methoxy groups -OCH3 is 1. The molecule has 1 aromatic rings. The highest BCUT2D eigenvalue weighted by atomic mass is 16.7. The zero-order chi connectivity index (χ0) is 10.7. The molecule has 0 bridgehead atoms. The van der Waals surface area contributed by atoms with Gasteiger partial charge in [0, 0.05) is 12.6 Å². The summed E-state index contributed by atoms with van der Waals surface area (Å²) < 4.78 is 4.56. The van der Waals surface area contributed by atoms with E-state index in [0.717, 1.165) is 5.69 Å². The normalized spacial score (nSPS) is 19.3. The second-order valence-electron chi connectivity index (χ2n) is 3.07. The number of ether oxygens (including phenoxy) is 1. The van der Waals surface area contributed by atoms with Crippen molar-refractivity contribution >= 4 is 11.7 Å². The van der Waals surface area contributed by atoms with Gasteiger partial charge in [-0.3, -0.25) is 4.98 Å². The van der Waals surface area contributed by atoms with Crippen LogP contribution in [0.15, 0.2) is 29.6 Å². The van der Waals surface area contributed by atoms with Crippen LogP contribution in [0.3, 0.4) is 0 Å². The molecule has 5 heteroatoms. The maximum absolute atomic E-state index is 11.1. The number of hydrogen-bond acceptors (Lipinski definition) is 5. The maximum atomic E-state index is 11.1. The van der Waals surface area contributed by atoms with Crippen LogP contribution in [-0.2, 0) is 14.4 Å². The van der Waals surface area contributed by atoms with Crippen molar-refractivity contribution in [3.8, 4) is 0 Å². The predicted octanol–water partition coefficient (Wildman–Crippen LogP) is 0.748. The van der Waals surface area contributed by atoms with E-state index in [4.69, 9.17) is 4.84 Å². The van der Waals surface area contributed by atoms with Crippen LogP contribution in [0.1, 0.15) is 12.1 Å². The summed E-state index contributed by atoms with van der Waals surface area (Å²) in [6, 6.07) is 5.50. The van der Waals surface area contributed by atoms with E-state index in [1.807, 2.05) is 18.2 Å². The third kappa shape index (κ3) is 1.96. The summed E-state index contributed by atoms with van der Waals surface area (Å²) in [4.78, 5) is 20.2. The van der Waals surface area contributed by atoms with Crippen molar-refractivity contribution in [2.75, 3.05) is 7.11 Å². The van der Waals surface area contributed by atoms with Gasteiger partial charge in [0.05, 0.1) is 12.8 Å². The minimum atomic E-state index is -0.632. The number of nitrogens with zero attached hydrogens (tertiary/aromatic N) is 2. The number of aromatic nitrogens is 1. The predicted molar refractivity (Wildman–Crippen MR) is 52.3 cm³/mol. The van der Waals surface area contributed by atoms with Gasteiger partial charge in [0.15, 0.2) is 0 Å². The smallest absolute Gasteiger partial charge is 0.350 e. The second-order valence-corrected chi connectivity index (χ2v) is 3.07. The Morgan fingerprint density at radius 1 is 1.60 bits per heavy atom. The van der Waals surface area contributed by atoms with E-state index in [9.17, 15) is 4.79 Å². The van der Waals surface area contributed by atoms with Gasteiger partial charge in [-0.15, -0.1) is 0 Å². The molecule has 78 valence electrons. The molecule has 1 aromatic heterocycles. The Kier molecular flexibility index (Phi) is 2.62. The Balaban J connectivity index is 2.07. The van der Waals surface area contributed by atoms with Crippen molar-refractivity contribution in [3.63, 3.8) is 0 Å². The molecule has 0 saturated heterocycles. The third-order valence-corrected chi connectivity index (χ3v) is 2.09. The summed E-state index contributed by atoms with van der Waals surface area (Å²) in [6.45, 7) is 0. The zero-order valence-corrected chi connectivity index (χ0v) is 8.21. The molecule has 0 N–H and O–H groups in total. The molecular weight excluding hydrogens is 196 g/mol. The Hall–Kier alpha value is -1.91. The molecule has 0 radical (unpaired) electrons. The fraction of sp³-hybridized carbons (Fsp3) is 0.300. The van der Waals surface area contributed by atoms with Crippen molar-refractivity contribution in [2.45, 2.75) is 12.5 Å². The lowest BCUT2D eigenvalue weighted by atomic mass is 10.1. The zero-order valence-electron chi connectivity index (χ0n) is 8.21. The largest absolute Gasteiger partial charge is 0.466 e. The minimum Gasteiger partial charge on any atom is -0.466 e. The first-order valence-corrected chi connectivity index (χ1v) is 4.53. The Bertz CT molecular complexity index is 389. The van der Waals surface area contributed by atoms with Gasteiger partial charge in [0.1, 0.15) is 5.71 Å². The van der Waals surface area contributed by atoms with E-state index in [-0.39, 0.29) is 0 Å². The third-order valence-electron chi connectivity index (χ3n) is 2.09. The van der Waals surface area contributed by atoms with Crippen LogP contribution in [0.5, 0.6) is 0 Å². The summed E-state index contributed by atoms with van der Waals surface area (Å²) in [5.74, 6) is -0.412. The van der Waals surface area contributed by atoms with Gasteiger partial charge in [-0.25, -0.2) is 4.79 Å². The SMILES string of the molecule is COC(=O)C1CC(c2ccccn2)=NO1.